The molecule has 1 saturated carbocycles. The summed E-state index contributed by atoms with van der Waals surface area (Å²) in [4.78, 5) is 23.5. The van der Waals surface area contributed by atoms with Crippen molar-refractivity contribution in [1.82, 2.24) is 0 Å². The third kappa shape index (κ3) is 1.63. The zero-order valence-corrected chi connectivity index (χ0v) is 14.8. The number of rotatable bonds is 2. The van der Waals surface area contributed by atoms with Crippen molar-refractivity contribution in [3.8, 4) is 0 Å². The smallest absolute Gasteiger partial charge is 0.264 e. The number of nitrogens with zero attached hydrogens (tertiary/aromatic N) is 2. The summed E-state index contributed by atoms with van der Waals surface area (Å²) < 4.78 is 5.97. The third-order valence-electron chi connectivity index (χ3n) is 6.66. The molecule has 4 aliphatic heterocycles. The average Bonchev–Trinajstić information content (AvgIpc) is 2.97. The number of benzene rings is 1. The summed E-state index contributed by atoms with van der Waals surface area (Å²) in [5.74, 6) is -0.762. The summed E-state index contributed by atoms with van der Waals surface area (Å²) in [5, 5.41) is 23.8. The molecule has 4 bridgehead atoms. The van der Waals surface area contributed by atoms with Gasteiger partial charge in [-0.25, -0.2) is 0 Å². The number of amides is 1. The molecule has 1 aliphatic carbocycles. The topological polar surface area (TPSA) is 91.6 Å². The van der Waals surface area contributed by atoms with Crippen LogP contribution in [0.15, 0.2) is 29.3 Å². The Morgan fingerprint density at radius 1 is 1.42 bits per heavy atom. The van der Waals surface area contributed by atoms with Crippen LogP contribution in [0.25, 0.3) is 0 Å². The van der Waals surface area contributed by atoms with Crippen LogP contribution in [0.4, 0.5) is 5.69 Å². The van der Waals surface area contributed by atoms with Crippen LogP contribution in [0.3, 0.4) is 0 Å². The Bertz CT molecular complexity index is 826. The number of hydrogen-bond acceptors (Lipinski definition) is 6. The number of fused-ring (bicyclic) bond motifs is 2. The van der Waals surface area contributed by atoms with E-state index >= 15 is 0 Å². The SMILES string of the molecule is CCC1=N[C@H]2C[C@@]3(C(=O)N(OC)c4ccccc43)[C@@H]3OC[C@@]2(O)[C@H]1[C@H]3O. The molecule has 6 atom stereocenters. The number of ether oxygens (including phenoxy) is 1. The van der Waals surface area contributed by atoms with E-state index in [1.165, 1.54) is 12.2 Å². The van der Waals surface area contributed by atoms with Gasteiger partial charge in [-0.1, -0.05) is 25.1 Å². The monoisotopic (exact) mass is 358 g/mol. The maximum atomic E-state index is 13.5. The fourth-order valence-electron chi connectivity index (χ4n) is 5.54. The molecule has 7 heteroatoms. The first kappa shape index (κ1) is 16.4. The molecule has 3 fully saturated rings. The van der Waals surface area contributed by atoms with E-state index in [1.807, 2.05) is 31.2 Å². The number of para-hydroxylation sites is 1. The van der Waals surface area contributed by atoms with Gasteiger partial charge in [0.15, 0.2) is 0 Å². The first-order chi connectivity index (χ1) is 12.5. The number of anilines is 1. The predicted molar refractivity (Wildman–Crippen MR) is 92.9 cm³/mol. The second-order valence-corrected chi connectivity index (χ2v) is 7.66. The lowest BCUT2D eigenvalue weighted by Gasteiger charge is -2.44. The highest BCUT2D eigenvalue weighted by atomic mass is 16.7. The molecular formula is C19H22N2O5. The first-order valence-corrected chi connectivity index (χ1v) is 9.05. The van der Waals surface area contributed by atoms with Gasteiger partial charge in [0.25, 0.3) is 5.91 Å². The Kier molecular flexibility index (Phi) is 3.23. The molecule has 0 unspecified atom stereocenters. The van der Waals surface area contributed by atoms with Crippen LogP contribution >= 0.6 is 0 Å². The molecule has 1 spiro atoms. The van der Waals surface area contributed by atoms with Crippen molar-refractivity contribution in [3.63, 3.8) is 0 Å². The molecule has 0 aromatic heterocycles. The number of aliphatic imine (C=N–C) groups is 1. The van der Waals surface area contributed by atoms with Gasteiger partial charge in [-0.15, -0.1) is 0 Å². The Hall–Kier alpha value is -1.80. The number of hydrogen-bond donors (Lipinski definition) is 2. The molecule has 7 nitrogen and oxygen atoms in total. The summed E-state index contributed by atoms with van der Waals surface area (Å²) in [7, 11) is 1.45. The van der Waals surface area contributed by atoms with Crippen molar-refractivity contribution in [2.45, 2.75) is 49.0 Å². The lowest BCUT2D eigenvalue weighted by atomic mass is 9.70. The largest absolute Gasteiger partial charge is 0.390 e. The van der Waals surface area contributed by atoms with Gasteiger partial charge in [0.1, 0.15) is 17.1 Å². The number of aliphatic hydroxyl groups excluding tert-OH is 1. The summed E-state index contributed by atoms with van der Waals surface area (Å²) in [6, 6.07) is 6.92. The van der Waals surface area contributed by atoms with Crippen LogP contribution in [0, 0.1) is 5.92 Å². The van der Waals surface area contributed by atoms with Gasteiger partial charge in [0.05, 0.1) is 37.5 Å². The molecule has 2 saturated heterocycles. The Morgan fingerprint density at radius 2 is 2.19 bits per heavy atom. The van der Waals surface area contributed by atoms with Gasteiger partial charge in [-0.05, 0) is 24.5 Å². The first-order valence-electron chi connectivity index (χ1n) is 9.05. The summed E-state index contributed by atoms with van der Waals surface area (Å²) in [6.45, 7) is 2.04. The van der Waals surface area contributed by atoms with Crippen LogP contribution in [0.2, 0.25) is 0 Å². The van der Waals surface area contributed by atoms with E-state index in [4.69, 9.17) is 14.6 Å². The second-order valence-electron chi connectivity index (χ2n) is 7.66. The lowest BCUT2D eigenvalue weighted by molar-refractivity contribution is -0.190. The van der Waals surface area contributed by atoms with E-state index in [0.717, 1.165) is 11.3 Å². The van der Waals surface area contributed by atoms with Crippen molar-refractivity contribution in [2.24, 2.45) is 10.9 Å². The van der Waals surface area contributed by atoms with Gasteiger partial charge in [-0.3, -0.25) is 14.6 Å². The molecule has 6 rings (SSSR count). The van der Waals surface area contributed by atoms with Gasteiger partial charge < -0.3 is 14.9 Å². The molecule has 1 aromatic carbocycles. The van der Waals surface area contributed by atoms with Gasteiger partial charge in [-0.2, -0.15) is 5.06 Å². The van der Waals surface area contributed by atoms with Crippen LogP contribution < -0.4 is 5.06 Å². The Morgan fingerprint density at radius 3 is 2.92 bits per heavy atom. The quantitative estimate of drug-likeness (QED) is 0.807. The molecular weight excluding hydrogens is 336 g/mol. The number of carbonyl (C=O) groups excluding carboxylic acids is 1. The van der Waals surface area contributed by atoms with Gasteiger partial charge in [0, 0.05) is 5.71 Å². The normalized spacial score (nSPS) is 43.0. The van der Waals surface area contributed by atoms with Crippen molar-refractivity contribution in [2.75, 3.05) is 18.8 Å². The van der Waals surface area contributed by atoms with E-state index in [-0.39, 0.29) is 12.5 Å². The molecule has 1 aromatic rings. The fraction of sp³-hybridized carbons (Fsp3) is 0.579. The molecule has 4 heterocycles. The highest BCUT2D eigenvalue weighted by molar-refractivity contribution is 6.08. The standard InChI is InChI=1S/C19H22N2O5/c1-3-11-14-15(22)16-18(8-13(20-11)19(14,24)9-26-16)10-6-4-5-7-12(10)21(25-2)17(18)23/h4-7,13-16,22,24H,3,8-9H2,1-2H3/t13-,14+,15+,16+,18-,19-/m0/s1. The highest BCUT2D eigenvalue weighted by Gasteiger charge is 2.71. The minimum Gasteiger partial charge on any atom is -0.390 e. The fourth-order valence-corrected chi connectivity index (χ4v) is 5.54. The van der Waals surface area contributed by atoms with Crippen molar-refractivity contribution in [3.05, 3.63) is 29.8 Å². The van der Waals surface area contributed by atoms with Crippen LogP contribution in [0.5, 0.6) is 0 Å². The molecule has 138 valence electrons. The predicted octanol–water partition coefficient (Wildman–Crippen LogP) is 0.576. The number of hydroxylamine groups is 1. The van der Waals surface area contributed by atoms with Crippen LogP contribution in [-0.4, -0.2) is 59.4 Å². The third-order valence-corrected chi connectivity index (χ3v) is 6.66. The minimum atomic E-state index is -1.26. The Balaban J connectivity index is 1.75. The van der Waals surface area contributed by atoms with Crippen molar-refractivity contribution < 1.29 is 24.6 Å². The maximum Gasteiger partial charge on any atom is 0.264 e. The summed E-state index contributed by atoms with van der Waals surface area (Å²) in [5.41, 5.74) is -0.140. The number of aliphatic hydroxyl groups is 2. The van der Waals surface area contributed by atoms with Crippen molar-refractivity contribution >= 4 is 17.3 Å². The van der Waals surface area contributed by atoms with E-state index in [1.54, 1.807) is 0 Å². The lowest BCUT2D eigenvalue weighted by Crippen LogP contribution is -2.62. The van der Waals surface area contributed by atoms with E-state index in [9.17, 15) is 15.0 Å². The molecule has 0 radical (unpaired) electrons. The van der Waals surface area contributed by atoms with Crippen LogP contribution in [0.1, 0.15) is 25.3 Å². The van der Waals surface area contributed by atoms with Gasteiger partial charge >= 0.3 is 0 Å². The Labute approximate surface area is 151 Å². The summed E-state index contributed by atoms with van der Waals surface area (Å²) in [6.07, 6.45) is -0.798. The van der Waals surface area contributed by atoms with Crippen LogP contribution in [-0.2, 0) is 19.8 Å². The number of carbonyl (C=O) groups is 1. The highest BCUT2D eigenvalue weighted by Crippen LogP contribution is 2.57. The molecule has 2 N–H and O–H groups in total. The average molecular weight is 358 g/mol. The van der Waals surface area contributed by atoms with Crippen molar-refractivity contribution in [1.29, 1.82) is 0 Å². The molecule has 26 heavy (non-hydrogen) atoms. The minimum absolute atomic E-state index is 0.0707. The summed E-state index contributed by atoms with van der Waals surface area (Å²) >= 11 is 0. The molecule has 5 aliphatic rings. The zero-order chi connectivity index (χ0) is 18.3. The zero-order valence-electron chi connectivity index (χ0n) is 14.8. The van der Waals surface area contributed by atoms with E-state index < -0.39 is 35.2 Å². The maximum absolute atomic E-state index is 13.5. The molecule has 1 amide bonds. The van der Waals surface area contributed by atoms with E-state index in [0.29, 0.717) is 18.5 Å². The second kappa shape index (κ2) is 5.13. The van der Waals surface area contributed by atoms with Gasteiger partial charge in [0.2, 0.25) is 0 Å². The van der Waals surface area contributed by atoms with E-state index in [2.05, 4.69) is 0 Å².